The lowest BCUT2D eigenvalue weighted by molar-refractivity contribution is 0.523. The Morgan fingerprint density at radius 1 is 1.27 bits per heavy atom. The molecule has 0 aliphatic rings. The molecule has 0 aliphatic heterocycles. The average Bonchev–Trinajstić information content (AvgIpc) is 2.14. The van der Waals surface area contributed by atoms with Gasteiger partial charge in [-0.3, -0.25) is 0 Å². The van der Waals surface area contributed by atoms with Gasteiger partial charge >= 0.3 is 0 Å². The summed E-state index contributed by atoms with van der Waals surface area (Å²) in [6, 6.07) is 0.0709. The molecule has 0 rings (SSSR count). The van der Waals surface area contributed by atoms with Crippen molar-refractivity contribution in [3.8, 4) is 0 Å². The van der Waals surface area contributed by atoms with E-state index in [1.807, 2.05) is 20.8 Å². The molecule has 1 N–H and O–H groups in total. The molecule has 0 aromatic heterocycles. The van der Waals surface area contributed by atoms with Crippen molar-refractivity contribution in [2.45, 2.75) is 46.1 Å². The number of sulfonamides is 1. The highest BCUT2D eigenvalue weighted by molar-refractivity contribution is 9.09. The molecule has 0 aromatic carbocycles. The molecular weight excluding hydrogens is 278 g/mol. The van der Waals surface area contributed by atoms with Crippen LogP contribution in [-0.2, 0) is 10.0 Å². The van der Waals surface area contributed by atoms with Gasteiger partial charge in [-0.1, -0.05) is 36.7 Å². The van der Waals surface area contributed by atoms with Gasteiger partial charge < -0.3 is 0 Å². The zero-order chi connectivity index (χ0) is 11.9. The SMILES string of the molecule is CCC(CCBr)NS(=O)(=O)CCC(C)C. The first-order valence-corrected chi connectivity index (χ1v) is 8.24. The van der Waals surface area contributed by atoms with Crippen LogP contribution in [-0.4, -0.2) is 25.5 Å². The van der Waals surface area contributed by atoms with Crippen molar-refractivity contribution >= 4 is 26.0 Å². The van der Waals surface area contributed by atoms with Crippen molar-refractivity contribution in [1.29, 1.82) is 0 Å². The number of alkyl halides is 1. The quantitative estimate of drug-likeness (QED) is 0.700. The summed E-state index contributed by atoms with van der Waals surface area (Å²) in [5, 5.41) is 0.832. The van der Waals surface area contributed by atoms with Gasteiger partial charge in [0.15, 0.2) is 0 Å². The number of halogens is 1. The van der Waals surface area contributed by atoms with Crippen LogP contribution >= 0.6 is 15.9 Å². The molecule has 0 fully saturated rings. The normalized spacial score (nSPS) is 14.5. The molecule has 0 saturated heterocycles. The fourth-order valence-corrected chi connectivity index (χ4v) is 3.43. The van der Waals surface area contributed by atoms with Crippen molar-refractivity contribution in [1.82, 2.24) is 4.72 Å². The minimum atomic E-state index is -3.08. The van der Waals surface area contributed by atoms with Crippen LogP contribution in [0.3, 0.4) is 0 Å². The summed E-state index contributed by atoms with van der Waals surface area (Å²) in [4.78, 5) is 0. The van der Waals surface area contributed by atoms with E-state index in [0.29, 0.717) is 5.92 Å². The second-order valence-corrected chi connectivity index (χ2v) is 6.87. The van der Waals surface area contributed by atoms with Crippen molar-refractivity contribution in [2.75, 3.05) is 11.1 Å². The summed E-state index contributed by atoms with van der Waals surface area (Å²) in [5.74, 6) is 0.668. The summed E-state index contributed by atoms with van der Waals surface area (Å²) in [5.41, 5.74) is 0. The third-order valence-corrected chi connectivity index (χ3v) is 4.18. The monoisotopic (exact) mass is 299 g/mol. The van der Waals surface area contributed by atoms with Crippen LogP contribution < -0.4 is 4.72 Å². The van der Waals surface area contributed by atoms with E-state index in [4.69, 9.17) is 0 Å². The van der Waals surface area contributed by atoms with E-state index < -0.39 is 10.0 Å². The van der Waals surface area contributed by atoms with Crippen LogP contribution in [0.25, 0.3) is 0 Å². The summed E-state index contributed by atoms with van der Waals surface area (Å²) < 4.78 is 26.0. The lowest BCUT2D eigenvalue weighted by atomic mass is 10.2. The van der Waals surface area contributed by atoms with E-state index in [1.54, 1.807) is 0 Å². The van der Waals surface area contributed by atoms with Gasteiger partial charge in [0.2, 0.25) is 10.0 Å². The topological polar surface area (TPSA) is 46.2 Å². The molecule has 0 radical (unpaired) electrons. The lowest BCUT2D eigenvalue weighted by Gasteiger charge is -2.16. The largest absolute Gasteiger partial charge is 0.212 e. The van der Waals surface area contributed by atoms with E-state index >= 15 is 0 Å². The minimum absolute atomic E-state index is 0.0709. The van der Waals surface area contributed by atoms with E-state index in [2.05, 4.69) is 20.7 Å². The molecule has 3 nitrogen and oxygen atoms in total. The van der Waals surface area contributed by atoms with Gasteiger partial charge in [0.25, 0.3) is 0 Å². The average molecular weight is 300 g/mol. The molecule has 0 amide bonds. The first kappa shape index (κ1) is 15.4. The molecule has 0 aromatic rings. The fourth-order valence-electron chi connectivity index (χ4n) is 1.18. The minimum Gasteiger partial charge on any atom is -0.212 e. The Labute approximate surface area is 102 Å². The summed E-state index contributed by atoms with van der Waals surface area (Å²) in [6.07, 6.45) is 2.41. The Hall–Kier alpha value is 0.390. The van der Waals surface area contributed by atoms with Crippen molar-refractivity contribution < 1.29 is 8.42 Å². The van der Waals surface area contributed by atoms with Gasteiger partial charge in [-0.15, -0.1) is 0 Å². The van der Waals surface area contributed by atoms with E-state index in [1.165, 1.54) is 0 Å². The smallest absolute Gasteiger partial charge is 0.211 e. The fraction of sp³-hybridized carbons (Fsp3) is 1.00. The highest BCUT2D eigenvalue weighted by atomic mass is 79.9. The van der Waals surface area contributed by atoms with Crippen molar-refractivity contribution in [3.05, 3.63) is 0 Å². The third-order valence-electron chi connectivity index (χ3n) is 2.26. The predicted molar refractivity (Wildman–Crippen MR) is 68.9 cm³/mol. The molecule has 0 bridgehead atoms. The molecule has 5 heteroatoms. The maximum atomic E-state index is 11.7. The zero-order valence-corrected chi connectivity index (χ0v) is 12.2. The summed E-state index contributed by atoms with van der Waals surface area (Å²) in [6.45, 7) is 6.06. The van der Waals surface area contributed by atoms with Crippen LogP contribution in [0, 0.1) is 5.92 Å². The van der Waals surface area contributed by atoms with E-state index in [9.17, 15) is 8.42 Å². The molecule has 0 aliphatic carbocycles. The Balaban J connectivity index is 4.10. The lowest BCUT2D eigenvalue weighted by Crippen LogP contribution is -2.36. The van der Waals surface area contributed by atoms with Crippen LogP contribution in [0.1, 0.15) is 40.0 Å². The second-order valence-electron chi connectivity index (χ2n) is 4.20. The Bertz CT molecular complexity index is 252. The number of hydrogen-bond donors (Lipinski definition) is 1. The first-order valence-electron chi connectivity index (χ1n) is 5.47. The van der Waals surface area contributed by atoms with E-state index in [-0.39, 0.29) is 11.8 Å². The Morgan fingerprint density at radius 3 is 2.27 bits per heavy atom. The Kier molecular flexibility index (Phi) is 7.83. The maximum absolute atomic E-state index is 11.7. The molecule has 1 unspecified atom stereocenters. The summed E-state index contributed by atoms with van der Waals surface area (Å²) in [7, 11) is -3.08. The van der Waals surface area contributed by atoms with Crippen LogP contribution in [0.15, 0.2) is 0 Å². The molecule has 0 spiro atoms. The number of nitrogens with one attached hydrogen (secondary N) is 1. The number of hydrogen-bond acceptors (Lipinski definition) is 2. The number of rotatable bonds is 8. The van der Waals surface area contributed by atoms with Gasteiger partial charge in [-0.05, 0) is 25.2 Å². The van der Waals surface area contributed by atoms with Crippen LogP contribution in [0.5, 0.6) is 0 Å². The van der Waals surface area contributed by atoms with Crippen molar-refractivity contribution in [2.24, 2.45) is 5.92 Å². The predicted octanol–water partition coefficient (Wildman–Crippen LogP) is 2.52. The van der Waals surface area contributed by atoms with Gasteiger partial charge in [-0.25, -0.2) is 13.1 Å². The standard InChI is InChI=1S/C10H22BrNO2S/c1-4-10(5-7-11)12-15(13,14)8-6-9(2)3/h9-10,12H,4-8H2,1-3H3. The van der Waals surface area contributed by atoms with Crippen LogP contribution in [0.2, 0.25) is 0 Å². The molecule has 15 heavy (non-hydrogen) atoms. The van der Waals surface area contributed by atoms with Gasteiger partial charge in [0.05, 0.1) is 5.75 Å². The van der Waals surface area contributed by atoms with E-state index in [0.717, 1.165) is 24.6 Å². The van der Waals surface area contributed by atoms with Crippen molar-refractivity contribution in [3.63, 3.8) is 0 Å². The molecule has 0 saturated carbocycles. The molecule has 1 atom stereocenters. The molecular formula is C10H22BrNO2S. The highest BCUT2D eigenvalue weighted by Gasteiger charge is 2.16. The first-order chi connectivity index (χ1) is 6.91. The van der Waals surface area contributed by atoms with Gasteiger partial charge in [0.1, 0.15) is 0 Å². The molecule has 92 valence electrons. The Morgan fingerprint density at radius 2 is 1.87 bits per heavy atom. The molecule has 0 heterocycles. The third kappa shape index (κ3) is 8.22. The second kappa shape index (κ2) is 7.63. The summed E-state index contributed by atoms with van der Waals surface area (Å²) >= 11 is 3.33. The van der Waals surface area contributed by atoms with Gasteiger partial charge in [0, 0.05) is 11.4 Å². The maximum Gasteiger partial charge on any atom is 0.211 e. The van der Waals surface area contributed by atoms with Crippen LogP contribution in [0.4, 0.5) is 0 Å². The highest BCUT2D eigenvalue weighted by Crippen LogP contribution is 2.06. The zero-order valence-electron chi connectivity index (χ0n) is 9.79. The van der Waals surface area contributed by atoms with Gasteiger partial charge in [-0.2, -0.15) is 0 Å².